The Hall–Kier alpha value is -0.730. The number of ether oxygens (including phenoxy) is 1. The second kappa shape index (κ2) is 6.27. The Balaban J connectivity index is 2.02. The van der Waals surface area contributed by atoms with Crippen LogP contribution in [0.1, 0.15) is 31.2 Å². The average molecular weight is 254 g/mol. The van der Waals surface area contributed by atoms with Crippen LogP contribution >= 0.6 is 11.6 Å². The number of hydrogen-bond acceptors (Lipinski definition) is 2. The third-order valence-corrected chi connectivity index (χ3v) is 3.65. The maximum atomic E-state index is 6.20. The minimum Gasteiger partial charge on any atom is -0.491 e. The Morgan fingerprint density at radius 3 is 2.82 bits per heavy atom. The van der Waals surface area contributed by atoms with Gasteiger partial charge in [-0.3, -0.25) is 0 Å². The summed E-state index contributed by atoms with van der Waals surface area (Å²) >= 11 is 6.20. The van der Waals surface area contributed by atoms with Crippen LogP contribution in [0.2, 0.25) is 5.02 Å². The van der Waals surface area contributed by atoms with Crippen molar-refractivity contribution in [2.75, 3.05) is 13.7 Å². The molecule has 0 spiro atoms. The second-order valence-corrected chi connectivity index (χ2v) is 5.13. The number of nitrogens with one attached hydrogen (secondary N) is 1. The molecule has 1 aliphatic carbocycles. The van der Waals surface area contributed by atoms with Crippen molar-refractivity contribution in [3.63, 3.8) is 0 Å². The smallest absolute Gasteiger partial charge is 0.142 e. The van der Waals surface area contributed by atoms with E-state index in [-0.39, 0.29) is 0 Å². The molecule has 3 heteroatoms. The van der Waals surface area contributed by atoms with Gasteiger partial charge in [0.05, 0.1) is 11.6 Å². The van der Waals surface area contributed by atoms with Gasteiger partial charge >= 0.3 is 0 Å². The highest BCUT2D eigenvalue weighted by molar-refractivity contribution is 6.32. The summed E-state index contributed by atoms with van der Waals surface area (Å²) < 4.78 is 5.93. The molecule has 0 unspecified atom stereocenters. The molecule has 0 aromatic heterocycles. The van der Waals surface area contributed by atoms with E-state index in [2.05, 4.69) is 11.4 Å². The predicted molar refractivity (Wildman–Crippen MR) is 71.7 cm³/mol. The maximum absolute atomic E-state index is 6.20. The van der Waals surface area contributed by atoms with Gasteiger partial charge in [0.1, 0.15) is 5.75 Å². The van der Waals surface area contributed by atoms with Crippen molar-refractivity contribution in [1.82, 2.24) is 5.32 Å². The van der Waals surface area contributed by atoms with Gasteiger partial charge in [0.25, 0.3) is 0 Å². The van der Waals surface area contributed by atoms with E-state index in [0.717, 1.165) is 29.5 Å². The van der Waals surface area contributed by atoms with Crippen molar-refractivity contribution in [2.45, 2.75) is 32.2 Å². The quantitative estimate of drug-likeness (QED) is 0.865. The third kappa shape index (κ3) is 3.36. The van der Waals surface area contributed by atoms with E-state index in [9.17, 15) is 0 Å². The zero-order valence-electron chi connectivity index (χ0n) is 10.3. The molecule has 94 valence electrons. The number of para-hydroxylation sites is 1. The molecule has 1 N–H and O–H groups in total. The van der Waals surface area contributed by atoms with E-state index in [4.69, 9.17) is 16.3 Å². The molecule has 2 rings (SSSR count). The summed E-state index contributed by atoms with van der Waals surface area (Å²) in [5.74, 6) is 1.57. The minimum absolute atomic E-state index is 0.716. The fourth-order valence-corrected chi connectivity index (χ4v) is 2.67. The fourth-order valence-electron chi connectivity index (χ4n) is 2.42. The molecule has 0 amide bonds. The van der Waals surface area contributed by atoms with E-state index >= 15 is 0 Å². The van der Waals surface area contributed by atoms with Crippen molar-refractivity contribution in [3.8, 4) is 5.75 Å². The molecule has 1 aromatic carbocycles. The van der Waals surface area contributed by atoms with Gasteiger partial charge in [-0.15, -0.1) is 0 Å². The zero-order valence-corrected chi connectivity index (χ0v) is 11.1. The molecule has 0 aliphatic heterocycles. The lowest BCUT2D eigenvalue weighted by Gasteiger charge is -2.15. The summed E-state index contributed by atoms with van der Waals surface area (Å²) in [6.45, 7) is 1.60. The summed E-state index contributed by atoms with van der Waals surface area (Å²) in [4.78, 5) is 0. The molecule has 17 heavy (non-hydrogen) atoms. The summed E-state index contributed by atoms with van der Waals surface area (Å²) in [5.41, 5.74) is 1.14. The van der Waals surface area contributed by atoms with Crippen LogP contribution in [-0.4, -0.2) is 13.7 Å². The predicted octanol–water partition coefficient (Wildman–Crippen LogP) is 3.63. The SMILES string of the molecule is CNCc1cccc(Cl)c1OCC1CCCC1. The van der Waals surface area contributed by atoms with Gasteiger partial charge in [-0.25, -0.2) is 0 Å². The van der Waals surface area contributed by atoms with Crippen LogP contribution in [0, 0.1) is 5.92 Å². The van der Waals surface area contributed by atoms with Gasteiger partial charge < -0.3 is 10.1 Å². The van der Waals surface area contributed by atoms with E-state index in [0.29, 0.717) is 5.92 Å². The Morgan fingerprint density at radius 2 is 2.12 bits per heavy atom. The summed E-state index contributed by atoms with van der Waals surface area (Å²) in [6, 6.07) is 5.93. The Bertz CT molecular complexity index is 361. The standard InChI is InChI=1S/C14H20ClNO/c1-16-9-12-7-4-8-13(15)14(12)17-10-11-5-2-3-6-11/h4,7-8,11,16H,2-3,5-6,9-10H2,1H3. The minimum atomic E-state index is 0.716. The fraction of sp³-hybridized carbons (Fsp3) is 0.571. The lowest BCUT2D eigenvalue weighted by molar-refractivity contribution is 0.250. The van der Waals surface area contributed by atoms with Crippen molar-refractivity contribution < 1.29 is 4.74 Å². The van der Waals surface area contributed by atoms with Crippen molar-refractivity contribution in [1.29, 1.82) is 0 Å². The molecule has 2 nitrogen and oxygen atoms in total. The molecule has 1 aliphatic rings. The molecule has 1 aromatic rings. The molecule has 0 atom stereocenters. The first kappa shape index (κ1) is 12.7. The molecule has 0 radical (unpaired) electrons. The molecule has 1 saturated carbocycles. The molecule has 0 bridgehead atoms. The molecular weight excluding hydrogens is 234 g/mol. The average Bonchev–Trinajstić information content (AvgIpc) is 2.82. The highest BCUT2D eigenvalue weighted by atomic mass is 35.5. The first-order valence-electron chi connectivity index (χ1n) is 6.36. The molecular formula is C14H20ClNO. The van der Waals surface area contributed by atoms with Crippen LogP contribution in [0.3, 0.4) is 0 Å². The van der Waals surface area contributed by atoms with E-state index in [1.54, 1.807) is 0 Å². The summed E-state index contributed by atoms with van der Waals surface area (Å²) in [6.07, 6.45) is 5.29. The Labute approximate surface area is 108 Å². The maximum Gasteiger partial charge on any atom is 0.142 e. The monoisotopic (exact) mass is 253 g/mol. The van der Waals surface area contributed by atoms with Crippen LogP contribution < -0.4 is 10.1 Å². The number of benzene rings is 1. The first-order valence-corrected chi connectivity index (χ1v) is 6.74. The Morgan fingerprint density at radius 1 is 1.35 bits per heavy atom. The number of hydrogen-bond donors (Lipinski definition) is 1. The Kier molecular flexibility index (Phi) is 4.69. The highest BCUT2D eigenvalue weighted by Crippen LogP contribution is 2.31. The second-order valence-electron chi connectivity index (χ2n) is 4.72. The van der Waals surface area contributed by atoms with Gasteiger partial charge in [-0.2, -0.15) is 0 Å². The zero-order chi connectivity index (χ0) is 12.1. The molecule has 0 saturated heterocycles. The van der Waals surface area contributed by atoms with Gasteiger partial charge in [0.15, 0.2) is 0 Å². The normalized spacial score (nSPS) is 16.4. The van der Waals surface area contributed by atoms with E-state index in [1.165, 1.54) is 25.7 Å². The van der Waals surface area contributed by atoms with Crippen molar-refractivity contribution in [2.24, 2.45) is 5.92 Å². The van der Waals surface area contributed by atoms with Crippen LogP contribution in [0.4, 0.5) is 0 Å². The van der Waals surface area contributed by atoms with Gasteiger partial charge in [0, 0.05) is 12.1 Å². The van der Waals surface area contributed by atoms with Crippen LogP contribution in [0.5, 0.6) is 5.75 Å². The highest BCUT2D eigenvalue weighted by Gasteiger charge is 2.17. The van der Waals surface area contributed by atoms with Gasteiger partial charge in [-0.05, 0) is 31.9 Å². The van der Waals surface area contributed by atoms with Crippen LogP contribution in [0.25, 0.3) is 0 Å². The van der Waals surface area contributed by atoms with Crippen molar-refractivity contribution in [3.05, 3.63) is 28.8 Å². The summed E-state index contributed by atoms with van der Waals surface area (Å²) in [7, 11) is 1.93. The third-order valence-electron chi connectivity index (χ3n) is 3.35. The lowest BCUT2D eigenvalue weighted by atomic mass is 10.1. The van der Waals surface area contributed by atoms with Crippen LogP contribution in [-0.2, 0) is 6.54 Å². The molecule has 0 heterocycles. The topological polar surface area (TPSA) is 21.3 Å². The first-order chi connectivity index (χ1) is 8.31. The van der Waals surface area contributed by atoms with Crippen LogP contribution in [0.15, 0.2) is 18.2 Å². The molecule has 1 fully saturated rings. The van der Waals surface area contributed by atoms with Gasteiger partial charge in [-0.1, -0.05) is 36.6 Å². The number of rotatable bonds is 5. The lowest BCUT2D eigenvalue weighted by Crippen LogP contribution is -2.12. The summed E-state index contributed by atoms with van der Waals surface area (Å²) in [5, 5.41) is 3.86. The van der Waals surface area contributed by atoms with Crippen molar-refractivity contribution >= 4 is 11.6 Å². The largest absolute Gasteiger partial charge is 0.491 e. The van der Waals surface area contributed by atoms with E-state index in [1.807, 2.05) is 19.2 Å². The number of halogens is 1. The van der Waals surface area contributed by atoms with Gasteiger partial charge in [0.2, 0.25) is 0 Å². The van der Waals surface area contributed by atoms with E-state index < -0.39 is 0 Å².